The van der Waals surface area contributed by atoms with Gasteiger partial charge in [0, 0.05) is 57.2 Å². The third kappa shape index (κ3) is 22.0. The highest BCUT2D eigenvalue weighted by Crippen LogP contribution is 2.38. The van der Waals surface area contributed by atoms with Crippen molar-refractivity contribution in [3.8, 4) is 168 Å². The van der Waals surface area contributed by atoms with Gasteiger partial charge in [-0.2, -0.15) is 0 Å². The van der Waals surface area contributed by atoms with Gasteiger partial charge in [0.05, 0.1) is 22.8 Å². The van der Waals surface area contributed by atoms with Crippen molar-refractivity contribution < 1.29 is 0 Å². The van der Waals surface area contributed by atoms with Gasteiger partial charge < -0.3 is 0 Å². The quantitative estimate of drug-likeness (QED) is 0.0978. The molecule has 20 aromatic rings. The number of aryl methyl sites for hydroxylation is 5. The maximum Gasteiger partial charge on any atom is 0.163 e. The summed E-state index contributed by atoms with van der Waals surface area (Å²) in [5.74, 6) is 2.96. The molecule has 0 fully saturated rings. The highest BCUT2D eigenvalue weighted by Gasteiger charge is 2.16. The second kappa shape index (κ2) is 40.6. The van der Waals surface area contributed by atoms with Crippen LogP contribution in [0.5, 0.6) is 0 Å². The molecule has 0 radical (unpaired) electrons. The Kier molecular flexibility index (Phi) is 26.8. The normalized spacial score (nSPS) is 10.6. The number of benzene rings is 15. The van der Waals surface area contributed by atoms with E-state index in [0.29, 0.717) is 5.82 Å². The van der Waals surface area contributed by atoms with Gasteiger partial charge in [-0.15, -0.1) is 0 Å². The van der Waals surface area contributed by atoms with Gasteiger partial charge in [0.2, 0.25) is 0 Å². The molecule has 600 valence electrons. The van der Waals surface area contributed by atoms with Crippen molar-refractivity contribution in [3.05, 3.63) is 484 Å². The van der Waals surface area contributed by atoms with Gasteiger partial charge in [0.1, 0.15) is 24.3 Å². The van der Waals surface area contributed by atoms with E-state index in [-0.39, 0.29) is 0 Å². The van der Waals surface area contributed by atoms with Gasteiger partial charge in [-0.3, -0.25) is 0 Å². The molecular weight excluding hydrogens is 1520 g/mol. The fraction of sp³-hybridized carbons (Fsp3) is 0.0435. The first-order valence-electron chi connectivity index (χ1n) is 41.8. The lowest BCUT2D eigenvalue weighted by Gasteiger charge is -2.11. The Bertz CT molecular complexity index is 5650. The predicted molar refractivity (Wildman–Crippen MR) is 515 cm³/mol. The Balaban J connectivity index is 0.000000115. The molecule has 5 heterocycles. The average Bonchev–Trinajstić information content (AvgIpc) is 0.822. The van der Waals surface area contributed by atoms with E-state index in [2.05, 4.69) is 404 Å². The van der Waals surface area contributed by atoms with E-state index < -0.39 is 0 Å². The summed E-state index contributed by atoms with van der Waals surface area (Å²) in [5.41, 5.74) is 34.9. The van der Waals surface area contributed by atoms with Crippen LogP contribution in [0, 0.1) is 34.6 Å². The van der Waals surface area contributed by atoms with Crippen LogP contribution in [0.3, 0.4) is 0 Å². The molecule has 0 unspecified atom stereocenters. The maximum atomic E-state index is 4.94. The van der Waals surface area contributed by atoms with Crippen molar-refractivity contribution in [2.24, 2.45) is 0 Å². The number of pyridine rings is 1. The molecule has 0 aliphatic heterocycles. The van der Waals surface area contributed by atoms with Crippen molar-refractivity contribution in [1.29, 1.82) is 0 Å². The summed E-state index contributed by atoms with van der Waals surface area (Å²) in [6, 6.07) is 149. The zero-order valence-corrected chi connectivity index (χ0v) is 70.3. The fourth-order valence-corrected chi connectivity index (χ4v) is 14.8. The Morgan fingerprint density at radius 2 is 0.440 bits per heavy atom. The zero-order chi connectivity index (χ0) is 85.3. The van der Waals surface area contributed by atoms with Gasteiger partial charge >= 0.3 is 0 Å². The van der Waals surface area contributed by atoms with Crippen LogP contribution in [0.2, 0.25) is 0 Å². The molecular formula is C115H90N10. The lowest BCUT2D eigenvalue weighted by atomic mass is 9.95. The number of hydrogen-bond acceptors (Lipinski definition) is 10. The van der Waals surface area contributed by atoms with Crippen LogP contribution < -0.4 is 0 Å². The number of nitrogens with zero attached hydrogens (tertiary/aromatic N) is 10. The molecule has 0 saturated heterocycles. The highest BCUT2D eigenvalue weighted by molar-refractivity contribution is 5.85. The second-order valence-electron chi connectivity index (χ2n) is 30.3. The molecule has 0 aliphatic carbocycles. The third-order valence-electron chi connectivity index (χ3n) is 21.1. The molecule has 0 amide bonds. The summed E-state index contributed by atoms with van der Waals surface area (Å²) in [5, 5.41) is 0. The lowest BCUT2D eigenvalue weighted by molar-refractivity contribution is 0.983. The molecule has 0 N–H and O–H groups in total. The van der Waals surface area contributed by atoms with Gasteiger partial charge in [-0.1, -0.05) is 327 Å². The molecule has 0 atom stereocenters. The molecule has 0 bridgehead atoms. The Labute approximate surface area is 732 Å². The standard InChI is InChI=1S/C24H19N.3C23H18N2.C22H17N3/c1-18-9-8-14-21(15-18)24-17-22(19-10-4-2-5-11-19)16-23(25-24)20-12-6-3-7-13-20;1-17-12-23(25-16-24-17)22-14-20(18-8-4-2-5-9-18)13-21(15-22)19-10-6-3-7-11-19;1-17-24-13-12-23(25-17)22-15-20(18-8-4-2-5-9-18)14-21(16-22)19-10-6-3-7-11-19;1-17-12-13-24-23(25-17)22-15-20(18-8-4-2-5-9-18)14-21(16-22)19-10-6-3-7-11-19;1-16-23-15-24-22(25-16)21-13-19(17-8-4-2-5-9-17)12-20(14-21)18-10-6-3-7-11-18/h2-17H,1H3;3*2-16H,1H3;2-15H,1H3. The Morgan fingerprint density at radius 3 is 0.784 bits per heavy atom. The monoisotopic (exact) mass is 1610 g/mol. The first kappa shape index (κ1) is 82.4. The molecule has 10 nitrogen and oxygen atoms in total. The second-order valence-corrected chi connectivity index (χ2v) is 30.3. The summed E-state index contributed by atoms with van der Waals surface area (Å²) in [6.45, 7) is 9.89. The summed E-state index contributed by atoms with van der Waals surface area (Å²) >= 11 is 0. The summed E-state index contributed by atoms with van der Waals surface area (Å²) < 4.78 is 0. The topological polar surface area (TPSA) is 129 Å². The van der Waals surface area contributed by atoms with E-state index in [1.807, 2.05) is 119 Å². The van der Waals surface area contributed by atoms with Crippen LogP contribution in [0.25, 0.3) is 168 Å². The van der Waals surface area contributed by atoms with Crippen LogP contribution in [0.4, 0.5) is 0 Å². The molecule has 0 spiro atoms. The van der Waals surface area contributed by atoms with Crippen molar-refractivity contribution >= 4 is 0 Å². The van der Waals surface area contributed by atoms with Gasteiger partial charge in [-0.05, 0) is 244 Å². The zero-order valence-electron chi connectivity index (χ0n) is 70.3. The van der Waals surface area contributed by atoms with Gasteiger partial charge in [0.25, 0.3) is 0 Å². The van der Waals surface area contributed by atoms with Gasteiger partial charge in [0.15, 0.2) is 11.6 Å². The predicted octanol–water partition coefficient (Wildman–Crippen LogP) is 28.9. The van der Waals surface area contributed by atoms with Crippen molar-refractivity contribution in [1.82, 2.24) is 49.8 Å². The Morgan fingerprint density at radius 1 is 0.144 bits per heavy atom. The highest BCUT2D eigenvalue weighted by atomic mass is 15.0. The van der Waals surface area contributed by atoms with Crippen molar-refractivity contribution in [2.45, 2.75) is 34.6 Å². The van der Waals surface area contributed by atoms with E-state index in [9.17, 15) is 0 Å². The molecule has 20 rings (SSSR count). The number of rotatable bonds is 15. The van der Waals surface area contributed by atoms with E-state index in [1.54, 1.807) is 12.7 Å². The SMILES string of the molecule is Cc1cc(-c2cc(-c3ccccc3)cc(-c3ccccc3)c2)ncn1.Cc1cccc(-c2cc(-c3ccccc3)cc(-c3ccccc3)n2)c1.Cc1ccnc(-c2cc(-c3ccccc3)cc(-c3ccccc3)c2)n1.Cc1nccc(-c2cc(-c3ccccc3)cc(-c3ccccc3)c2)n1.Cc1ncnc(-c2cc(-c3ccccc3)cc(-c3ccccc3)c2)n1. The van der Waals surface area contributed by atoms with E-state index in [0.717, 1.165) is 96.1 Å². The molecule has 0 aliphatic rings. The van der Waals surface area contributed by atoms with Crippen LogP contribution in [0.1, 0.15) is 28.6 Å². The van der Waals surface area contributed by atoms with Crippen molar-refractivity contribution in [3.63, 3.8) is 0 Å². The smallest absolute Gasteiger partial charge is 0.163 e. The van der Waals surface area contributed by atoms with E-state index in [4.69, 9.17) is 4.98 Å². The van der Waals surface area contributed by atoms with Crippen LogP contribution in [-0.4, -0.2) is 49.8 Å². The first-order chi connectivity index (χ1) is 61.5. The van der Waals surface area contributed by atoms with Crippen LogP contribution in [-0.2, 0) is 0 Å². The largest absolute Gasteiger partial charge is 0.248 e. The molecule has 5 aromatic heterocycles. The Hall–Kier alpha value is -16.3. The minimum atomic E-state index is 0.697. The maximum absolute atomic E-state index is 4.94. The van der Waals surface area contributed by atoms with Crippen LogP contribution in [0.15, 0.2) is 456 Å². The van der Waals surface area contributed by atoms with E-state index >= 15 is 0 Å². The molecule has 10 heteroatoms. The fourth-order valence-electron chi connectivity index (χ4n) is 14.8. The minimum absolute atomic E-state index is 0.697. The first-order valence-corrected chi connectivity index (χ1v) is 41.8. The molecule has 0 saturated carbocycles. The van der Waals surface area contributed by atoms with Crippen molar-refractivity contribution in [2.75, 3.05) is 0 Å². The molecule has 125 heavy (non-hydrogen) atoms. The van der Waals surface area contributed by atoms with E-state index in [1.165, 1.54) is 94.6 Å². The number of aromatic nitrogens is 10. The summed E-state index contributed by atoms with van der Waals surface area (Å²) in [4.78, 5) is 44.5. The van der Waals surface area contributed by atoms with Gasteiger partial charge in [-0.25, -0.2) is 49.8 Å². The number of hydrogen-bond donors (Lipinski definition) is 0. The average molecular weight is 1610 g/mol. The third-order valence-corrected chi connectivity index (χ3v) is 21.1. The lowest BCUT2D eigenvalue weighted by Crippen LogP contribution is -1.95. The summed E-state index contributed by atoms with van der Waals surface area (Å²) in [7, 11) is 0. The van der Waals surface area contributed by atoms with Crippen LogP contribution >= 0.6 is 0 Å². The summed E-state index contributed by atoms with van der Waals surface area (Å²) in [6.07, 6.45) is 6.82. The minimum Gasteiger partial charge on any atom is -0.248 e. The molecule has 15 aromatic carbocycles.